The zero-order valence-corrected chi connectivity index (χ0v) is 34.6. The van der Waals surface area contributed by atoms with Gasteiger partial charge in [0.15, 0.2) is 17.5 Å². The van der Waals surface area contributed by atoms with E-state index in [4.69, 9.17) is 19.4 Å². The van der Waals surface area contributed by atoms with Gasteiger partial charge in [-0.2, -0.15) is 0 Å². The number of aromatic nitrogens is 4. The van der Waals surface area contributed by atoms with Crippen LogP contribution in [-0.4, -0.2) is 19.5 Å². The summed E-state index contributed by atoms with van der Waals surface area (Å²) in [6.07, 6.45) is 0. The van der Waals surface area contributed by atoms with Gasteiger partial charge in [-0.1, -0.05) is 146 Å². The molecule has 6 heteroatoms. The molecule has 0 unspecified atom stereocenters. The Morgan fingerprint density at radius 2 is 0.952 bits per heavy atom. The normalized spacial score (nSPS) is 11.8. The molecule has 0 aliphatic rings. The third kappa shape index (κ3) is 5.80. The van der Waals surface area contributed by atoms with Crippen molar-refractivity contribution in [3.63, 3.8) is 0 Å². The van der Waals surface area contributed by atoms with E-state index in [2.05, 4.69) is 168 Å². The molecule has 4 aromatic heterocycles. The lowest BCUT2D eigenvalue weighted by atomic mass is 9.96. The molecule has 294 valence electrons. The zero-order chi connectivity index (χ0) is 41.4. The van der Waals surface area contributed by atoms with E-state index in [0.717, 1.165) is 93.1 Å². The van der Waals surface area contributed by atoms with Gasteiger partial charge in [-0.25, -0.2) is 15.0 Å². The Labute approximate surface area is 365 Å². The molecule has 0 bridgehead atoms. The SMILES string of the molecule is c1ccc(-c2nc(-c3ccccc3)nc(-c3cc(-c4ccc(-c5ccc6c(c5)c5c7oc8ccccc8c7ccc5n6-c5ccccc5)cc4)cc4c3sc3ccccc34)n2)cc1. The first-order valence-corrected chi connectivity index (χ1v) is 21.9. The van der Waals surface area contributed by atoms with Crippen LogP contribution in [0.4, 0.5) is 0 Å². The summed E-state index contributed by atoms with van der Waals surface area (Å²) in [4.78, 5) is 15.4. The van der Waals surface area contributed by atoms with Gasteiger partial charge in [0.2, 0.25) is 0 Å². The number of para-hydroxylation sites is 2. The minimum atomic E-state index is 0.647. The fourth-order valence-corrected chi connectivity index (χ4v) is 10.5. The van der Waals surface area contributed by atoms with Crippen molar-refractivity contribution in [3.05, 3.63) is 206 Å². The molecule has 4 heterocycles. The van der Waals surface area contributed by atoms with Crippen molar-refractivity contribution < 1.29 is 4.42 Å². The maximum absolute atomic E-state index is 6.66. The first-order valence-electron chi connectivity index (χ1n) is 21.1. The molecule has 0 saturated heterocycles. The third-order valence-corrected chi connectivity index (χ3v) is 13.5. The predicted molar refractivity (Wildman–Crippen MR) is 262 cm³/mol. The molecule has 13 aromatic rings. The Morgan fingerprint density at radius 3 is 1.68 bits per heavy atom. The van der Waals surface area contributed by atoms with E-state index in [9.17, 15) is 0 Å². The number of rotatable bonds is 6. The topological polar surface area (TPSA) is 56.7 Å². The lowest BCUT2D eigenvalue weighted by Crippen LogP contribution is -2.00. The monoisotopic (exact) mass is 822 g/mol. The van der Waals surface area contributed by atoms with Crippen LogP contribution in [0.25, 0.3) is 126 Å². The second-order valence-corrected chi connectivity index (χ2v) is 17.0. The Hall–Kier alpha value is -8.19. The van der Waals surface area contributed by atoms with Crippen LogP contribution in [0.1, 0.15) is 0 Å². The van der Waals surface area contributed by atoms with Gasteiger partial charge < -0.3 is 8.98 Å². The molecular formula is C57H34N4OS. The molecule has 0 aliphatic heterocycles. The van der Waals surface area contributed by atoms with Gasteiger partial charge >= 0.3 is 0 Å². The van der Waals surface area contributed by atoms with Gasteiger partial charge in [-0.3, -0.25) is 0 Å². The Morgan fingerprint density at radius 1 is 0.381 bits per heavy atom. The maximum atomic E-state index is 6.66. The van der Waals surface area contributed by atoms with E-state index in [1.807, 2.05) is 42.5 Å². The lowest BCUT2D eigenvalue weighted by molar-refractivity contribution is 0.673. The molecule has 0 fully saturated rings. The molecule has 0 amide bonds. The molecule has 5 nitrogen and oxygen atoms in total. The highest BCUT2D eigenvalue weighted by molar-refractivity contribution is 7.26. The van der Waals surface area contributed by atoms with Gasteiger partial charge in [-0.05, 0) is 82.9 Å². The molecule has 0 N–H and O–H groups in total. The molecular weight excluding hydrogens is 789 g/mol. The van der Waals surface area contributed by atoms with E-state index < -0.39 is 0 Å². The number of hydrogen-bond acceptors (Lipinski definition) is 5. The van der Waals surface area contributed by atoms with Gasteiger partial charge in [-0.15, -0.1) is 11.3 Å². The van der Waals surface area contributed by atoms with E-state index in [1.165, 1.54) is 15.5 Å². The number of benzene rings is 9. The van der Waals surface area contributed by atoms with Crippen molar-refractivity contribution >= 4 is 75.3 Å². The van der Waals surface area contributed by atoms with E-state index in [-0.39, 0.29) is 0 Å². The van der Waals surface area contributed by atoms with Crippen molar-refractivity contribution in [1.82, 2.24) is 19.5 Å². The third-order valence-electron chi connectivity index (χ3n) is 12.3. The summed E-state index contributed by atoms with van der Waals surface area (Å²) in [5, 5.41) is 6.93. The van der Waals surface area contributed by atoms with Crippen molar-refractivity contribution in [2.45, 2.75) is 0 Å². The number of furan rings is 1. The van der Waals surface area contributed by atoms with Crippen LogP contribution >= 0.6 is 11.3 Å². The predicted octanol–water partition coefficient (Wildman–Crippen LogP) is 15.6. The van der Waals surface area contributed by atoms with E-state index in [0.29, 0.717) is 17.5 Å². The molecule has 13 rings (SSSR count). The van der Waals surface area contributed by atoms with Crippen molar-refractivity contribution in [2.24, 2.45) is 0 Å². The number of fused-ring (bicyclic) bond motifs is 10. The van der Waals surface area contributed by atoms with Gasteiger partial charge in [0.1, 0.15) is 11.2 Å². The smallest absolute Gasteiger partial charge is 0.165 e. The number of nitrogens with zero attached hydrogens (tertiary/aromatic N) is 4. The zero-order valence-electron chi connectivity index (χ0n) is 33.7. The van der Waals surface area contributed by atoms with Gasteiger partial charge in [0.05, 0.1) is 16.4 Å². The fourth-order valence-electron chi connectivity index (χ4n) is 9.26. The molecule has 63 heavy (non-hydrogen) atoms. The standard InChI is InChI=1S/C57H34N4OS/c1-4-14-37(15-5-1)55-58-56(38-16-6-2-7-17-38)60-57(59-55)47-34-40(33-45-43-21-11-13-23-51(43)63-54(45)47)36-26-24-35(25-27-36)39-28-30-48-46(32-39)52-49(61(48)41-18-8-3-9-19-41)31-29-44-42-20-10-12-22-50(42)62-53(44)52/h1-34H. The first-order chi connectivity index (χ1) is 31.2. The summed E-state index contributed by atoms with van der Waals surface area (Å²) in [6.45, 7) is 0. The van der Waals surface area contributed by atoms with Crippen molar-refractivity contribution in [3.8, 4) is 62.1 Å². The fraction of sp³-hybridized carbons (Fsp3) is 0. The number of hydrogen-bond donors (Lipinski definition) is 0. The van der Waals surface area contributed by atoms with Crippen LogP contribution in [0.15, 0.2) is 211 Å². The van der Waals surface area contributed by atoms with Crippen LogP contribution in [-0.2, 0) is 0 Å². The summed E-state index contributed by atoms with van der Waals surface area (Å²) in [5.41, 5.74) is 12.6. The minimum Gasteiger partial charge on any atom is -0.455 e. The van der Waals surface area contributed by atoms with E-state index in [1.54, 1.807) is 11.3 Å². The van der Waals surface area contributed by atoms with Crippen LogP contribution in [0, 0.1) is 0 Å². The summed E-state index contributed by atoms with van der Waals surface area (Å²) in [5.74, 6) is 1.95. The van der Waals surface area contributed by atoms with Crippen molar-refractivity contribution in [2.75, 3.05) is 0 Å². The first kappa shape index (κ1) is 35.6. The average molecular weight is 823 g/mol. The molecule has 0 spiro atoms. The summed E-state index contributed by atoms with van der Waals surface area (Å²) < 4.78 is 11.4. The van der Waals surface area contributed by atoms with Crippen molar-refractivity contribution in [1.29, 1.82) is 0 Å². The van der Waals surface area contributed by atoms with Crippen LogP contribution in [0.5, 0.6) is 0 Å². The van der Waals surface area contributed by atoms with Gasteiger partial charge in [0, 0.05) is 58.7 Å². The lowest BCUT2D eigenvalue weighted by Gasteiger charge is -2.12. The van der Waals surface area contributed by atoms with Gasteiger partial charge in [0.25, 0.3) is 0 Å². The van der Waals surface area contributed by atoms with Crippen LogP contribution < -0.4 is 0 Å². The van der Waals surface area contributed by atoms with Crippen LogP contribution in [0.2, 0.25) is 0 Å². The molecule has 0 radical (unpaired) electrons. The average Bonchev–Trinajstić information content (AvgIpc) is 4.04. The summed E-state index contributed by atoms with van der Waals surface area (Å²) >= 11 is 1.78. The minimum absolute atomic E-state index is 0.647. The van der Waals surface area contributed by atoms with Crippen LogP contribution in [0.3, 0.4) is 0 Å². The summed E-state index contributed by atoms with van der Waals surface area (Å²) in [6, 6.07) is 72.7. The Kier molecular flexibility index (Phi) is 8.01. The largest absolute Gasteiger partial charge is 0.455 e. The maximum Gasteiger partial charge on any atom is 0.165 e. The second-order valence-electron chi connectivity index (χ2n) is 16.0. The number of thiophene rings is 1. The highest BCUT2D eigenvalue weighted by Gasteiger charge is 2.21. The highest BCUT2D eigenvalue weighted by atomic mass is 32.1. The summed E-state index contributed by atoms with van der Waals surface area (Å²) in [7, 11) is 0. The molecule has 9 aromatic carbocycles. The molecule has 0 atom stereocenters. The Balaban J connectivity index is 0.971. The van der Waals surface area contributed by atoms with E-state index >= 15 is 0 Å². The molecule has 0 aliphatic carbocycles. The Bertz CT molecular complexity index is 3830. The molecule has 0 saturated carbocycles. The second kappa shape index (κ2) is 14.2. The quantitative estimate of drug-likeness (QED) is 0.168. The highest BCUT2D eigenvalue weighted by Crippen LogP contribution is 2.44.